The first-order valence-electron chi connectivity index (χ1n) is 5.12. The molecule has 2 N–H and O–H groups in total. The second kappa shape index (κ2) is 6.44. The number of anilines is 1. The van der Waals surface area contributed by atoms with Crippen molar-refractivity contribution in [1.29, 1.82) is 0 Å². The molecular weight excluding hydrogens is 228 g/mol. The largest absolute Gasteiger partial charge is 0.477 e. The number of aromatic carboxylic acids is 1. The molecule has 0 saturated heterocycles. The van der Waals surface area contributed by atoms with Crippen molar-refractivity contribution in [2.45, 2.75) is 25.8 Å². The molecule has 6 heteroatoms. The lowest BCUT2D eigenvalue weighted by atomic mass is 10.2. The Labute approximate surface area is 98.5 Å². The van der Waals surface area contributed by atoms with Crippen molar-refractivity contribution >= 4 is 22.4 Å². The molecule has 1 rings (SSSR count). The standard InChI is InChI=1S/C10H16N2O3S/c1-3-4-7(6-15-2)12-10-11-5-8(16-10)9(13)14/h5,7H,3-4,6H2,1-2H3,(H,11,12)(H,13,14). The Morgan fingerprint density at radius 3 is 3.00 bits per heavy atom. The van der Waals surface area contributed by atoms with Gasteiger partial charge in [-0.2, -0.15) is 0 Å². The average molecular weight is 244 g/mol. The number of nitrogens with one attached hydrogen (secondary N) is 1. The van der Waals surface area contributed by atoms with E-state index in [1.807, 2.05) is 0 Å². The molecule has 90 valence electrons. The highest BCUT2D eigenvalue weighted by Gasteiger charge is 2.12. The monoisotopic (exact) mass is 244 g/mol. The molecule has 1 heterocycles. The second-order valence-electron chi connectivity index (χ2n) is 3.42. The lowest BCUT2D eigenvalue weighted by Crippen LogP contribution is -2.24. The van der Waals surface area contributed by atoms with Gasteiger partial charge in [-0.25, -0.2) is 9.78 Å². The van der Waals surface area contributed by atoms with Gasteiger partial charge in [0, 0.05) is 7.11 Å². The summed E-state index contributed by atoms with van der Waals surface area (Å²) in [5.41, 5.74) is 0. The minimum Gasteiger partial charge on any atom is -0.477 e. The summed E-state index contributed by atoms with van der Waals surface area (Å²) in [6.07, 6.45) is 3.37. The van der Waals surface area contributed by atoms with Gasteiger partial charge in [-0.05, 0) is 6.42 Å². The number of nitrogens with zero attached hydrogens (tertiary/aromatic N) is 1. The molecule has 0 amide bonds. The number of carboxylic acids is 1. The van der Waals surface area contributed by atoms with Gasteiger partial charge in [-0.15, -0.1) is 0 Å². The molecule has 16 heavy (non-hydrogen) atoms. The summed E-state index contributed by atoms with van der Waals surface area (Å²) in [4.78, 5) is 14.9. The molecule has 0 fully saturated rings. The van der Waals surface area contributed by atoms with Gasteiger partial charge in [0.05, 0.1) is 18.8 Å². The highest BCUT2D eigenvalue weighted by molar-refractivity contribution is 7.17. The van der Waals surface area contributed by atoms with Crippen molar-refractivity contribution in [3.63, 3.8) is 0 Å². The van der Waals surface area contributed by atoms with Crippen LogP contribution in [0.15, 0.2) is 6.20 Å². The number of methoxy groups -OCH3 is 1. The van der Waals surface area contributed by atoms with E-state index in [-0.39, 0.29) is 10.9 Å². The van der Waals surface area contributed by atoms with Gasteiger partial charge in [0.1, 0.15) is 4.88 Å². The number of hydrogen-bond donors (Lipinski definition) is 2. The highest BCUT2D eigenvalue weighted by atomic mass is 32.1. The molecule has 1 unspecified atom stereocenters. The van der Waals surface area contributed by atoms with E-state index >= 15 is 0 Å². The number of rotatable bonds is 7. The SMILES string of the molecule is CCCC(COC)Nc1ncc(C(=O)O)s1. The predicted molar refractivity (Wildman–Crippen MR) is 63.3 cm³/mol. The average Bonchev–Trinajstić information content (AvgIpc) is 2.67. The molecule has 5 nitrogen and oxygen atoms in total. The third-order valence-corrected chi connectivity index (χ3v) is 2.97. The first-order valence-corrected chi connectivity index (χ1v) is 5.93. The van der Waals surface area contributed by atoms with Gasteiger partial charge in [0.25, 0.3) is 0 Å². The molecule has 0 saturated carbocycles. The van der Waals surface area contributed by atoms with Crippen LogP contribution in [-0.4, -0.2) is 35.8 Å². The fourth-order valence-corrected chi connectivity index (χ4v) is 2.09. The summed E-state index contributed by atoms with van der Waals surface area (Å²) < 4.78 is 5.08. The molecular formula is C10H16N2O3S. The van der Waals surface area contributed by atoms with Crippen LogP contribution in [0.25, 0.3) is 0 Å². The van der Waals surface area contributed by atoms with Gasteiger partial charge in [-0.3, -0.25) is 0 Å². The van der Waals surface area contributed by atoms with Gasteiger partial charge < -0.3 is 15.2 Å². The molecule has 0 radical (unpaired) electrons. The normalized spacial score (nSPS) is 12.4. The molecule has 0 spiro atoms. The predicted octanol–water partition coefficient (Wildman–Crippen LogP) is 2.07. The van der Waals surface area contributed by atoms with Crippen molar-refractivity contribution in [3.8, 4) is 0 Å². The zero-order valence-corrected chi connectivity index (χ0v) is 10.2. The van der Waals surface area contributed by atoms with Crippen LogP contribution in [0, 0.1) is 0 Å². The van der Waals surface area contributed by atoms with Gasteiger partial charge in [0.2, 0.25) is 0 Å². The molecule has 0 bridgehead atoms. The van der Waals surface area contributed by atoms with Crippen LogP contribution in [0.5, 0.6) is 0 Å². The summed E-state index contributed by atoms with van der Waals surface area (Å²) in [6.45, 7) is 2.69. The summed E-state index contributed by atoms with van der Waals surface area (Å²) in [5.74, 6) is -0.940. The molecule has 1 aromatic heterocycles. The number of ether oxygens (including phenoxy) is 1. The summed E-state index contributed by atoms with van der Waals surface area (Å²) in [7, 11) is 1.65. The maximum Gasteiger partial charge on any atom is 0.347 e. The zero-order chi connectivity index (χ0) is 12.0. The van der Waals surface area contributed by atoms with E-state index in [9.17, 15) is 4.79 Å². The third kappa shape index (κ3) is 3.79. The highest BCUT2D eigenvalue weighted by Crippen LogP contribution is 2.19. The Balaban J connectivity index is 2.58. The van der Waals surface area contributed by atoms with Crippen molar-refractivity contribution in [3.05, 3.63) is 11.1 Å². The Kier molecular flexibility index (Phi) is 5.21. The second-order valence-corrected chi connectivity index (χ2v) is 4.45. The van der Waals surface area contributed by atoms with E-state index in [1.54, 1.807) is 7.11 Å². The molecule has 1 atom stereocenters. The van der Waals surface area contributed by atoms with E-state index in [0.29, 0.717) is 11.7 Å². The summed E-state index contributed by atoms with van der Waals surface area (Å²) in [6, 6.07) is 0.183. The fraction of sp³-hybridized carbons (Fsp3) is 0.600. The maximum absolute atomic E-state index is 10.7. The Morgan fingerprint density at radius 2 is 2.50 bits per heavy atom. The van der Waals surface area contributed by atoms with Crippen molar-refractivity contribution in [2.75, 3.05) is 19.0 Å². The van der Waals surface area contributed by atoms with Crippen molar-refractivity contribution in [1.82, 2.24) is 4.98 Å². The van der Waals surface area contributed by atoms with E-state index in [1.165, 1.54) is 6.20 Å². The fourth-order valence-electron chi connectivity index (χ4n) is 1.36. The van der Waals surface area contributed by atoms with Crippen LogP contribution < -0.4 is 5.32 Å². The number of carboxylic acid groups (broad SMARTS) is 1. The van der Waals surface area contributed by atoms with Gasteiger partial charge in [0.15, 0.2) is 5.13 Å². The van der Waals surface area contributed by atoms with Gasteiger partial charge in [-0.1, -0.05) is 24.7 Å². The smallest absolute Gasteiger partial charge is 0.347 e. The maximum atomic E-state index is 10.7. The van der Waals surface area contributed by atoms with Crippen LogP contribution in [0.2, 0.25) is 0 Å². The van der Waals surface area contributed by atoms with E-state index in [0.717, 1.165) is 24.2 Å². The molecule has 0 aliphatic rings. The Bertz CT molecular complexity index is 335. The first kappa shape index (κ1) is 12.9. The molecule has 0 aliphatic heterocycles. The number of aromatic nitrogens is 1. The van der Waals surface area contributed by atoms with Crippen LogP contribution in [-0.2, 0) is 4.74 Å². The lowest BCUT2D eigenvalue weighted by Gasteiger charge is -2.15. The summed E-state index contributed by atoms with van der Waals surface area (Å²) >= 11 is 1.14. The van der Waals surface area contributed by atoms with E-state index in [2.05, 4.69) is 17.2 Å². The van der Waals surface area contributed by atoms with Crippen LogP contribution >= 0.6 is 11.3 Å². The summed E-state index contributed by atoms with van der Waals surface area (Å²) in [5, 5.41) is 12.6. The Morgan fingerprint density at radius 1 is 1.75 bits per heavy atom. The van der Waals surface area contributed by atoms with Crippen LogP contribution in [0.3, 0.4) is 0 Å². The number of hydrogen-bond acceptors (Lipinski definition) is 5. The topological polar surface area (TPSA) is 71.5 Å². The molecule has 1 aromatic rings. The lowest BCUT2D eigenvalue weighted by molar-refractivity contribution is 0.0702. The molecule has 0 aliphatic carbocycles. The van der Waals surface area contributed by atoms with Crippen LogP contribution in [0.4, 0.5) is 5.13 Å². The van der Waals surface area contributed by atoms with Crippen molar-refractivity contribution in [2.24, 2.45) is 0 Å². The zero-order valence-electron chi connectivity index (χ0n) is 9.40. The number of thiazole rings is 1. The Hall–Kier alpha value is -1.14. The van der Waals surface area contributed by atoms with E-state index < -0.39 is 5.97 Å². The van der Waals surface area contributed by atoms with Crippen LogP contribution in [0.1, 0.15) is 29.4 Å². The minimum absolute atomic E-state index is 0.183. The number of carbonyl (C=O) groups is 1. The third-order valence-electron chi connectivity index (χ3n) is 2.05. The quantitative estimate of drug-likeness (QED) is 0.768. The minimum atomic E-state index is -0.940. The molecule has 0 aromatic carbocycles. The van der Waals surface area contributed by atoms with Crippen molar-refractivity contribution < 1.29 is 14.6 Å². The van der Waals surface area contributed by atoms with Gasteiger partial charge >= 0.3 is 5.97 Å². The van der Waals surface area contributed by atoms with E-state index in [4.69, 9.17) is 9.84 Å². The first-order chi connectivity index (χ1) is 7.67.